The number of aliphatic hydroxyl groups excluding tert-OH is 1. The van der Waals surface area contributed by atoms with Gasteiger partial charge in [0, 0.05) is 6.61 Å². The lowest BCUT2D eigenvalue weighted by atomic mass is 10.1. The van der Waals surface area contributed by atoms with Gasteiger partial charge in [0.15, 0.2) is 0 Å². The fraction of sp³-hybridized carbons (Fsp3) is 0.538. The number of hydrogen-bond donors (Lipinski definition) is 3. The van der Waals surface area contributed by atoms with Gasteiger partial charge in [0.25, 0.3) is 0 Å². The van der Waals surface area contributed by atoms with Crippen molar-refractivity contribution in [2.75, 3.05) is 19.7 Å². The number of aliphatic hydroxyl groups is 1. The van der Waals surface area contributed by atoms with E-state index in [4.69, 9.17) is 16.6 Å². The maximum atomic E-state index is 8.14. The van der Waals surface area contributed by atoms with Gasteiger partial charge in [0.1, 0.15) is 0 Å². The lowest BCUT2D eigenvalue weighted by Gasteiger charge is -1.96. The molecule has 1 aromatic rings. The van der Waals surface area contributed by atoms with E-state index in [1.165, 1.54) is 5.56 Å². The molecule has 0 bridgehead atoms. The summed E-state index contributed by atoms with van der Waals surface area (Å²) in [4.78, 5) is 0. The van der Waals surface area contributed by atoms with Crippen LogP contribution >= 0.6 is 0 Å². The molecular weight excluding hydrogens is 200 g/mol. The second-order valence-corrected chi connectivity index (χ2v) is 3.60. The third-order valence-corrected chi connectivity index (χ3v) is 2.12. The van der Waals surface area contributed by atoms with Crippen LogP contribution in [0.1, 0.15) is 24.8 Å². The zero-order valence-corrected chi connectivity index (χ0v) is 9.94. The number of hydrogen-bond acceptors (Lipinski definition) is 3. The van der Waals surface area contributed by atoms with Crippen LogP contribution in [0.3, 0.4) is 0 Å². The van der Waals surface area contributed by atoms with Gasteiger partial charge in [-0.2, -0.15) is 0 Å². The molecule has 0 aliphatic heterocycles. The van der Waals surface area contributed by atoms with Crippen LogP contribution in [0.25, 0.3) is 0 Å². The monoisotopic (exact) mass is 224 g/mol. The minimum absolute atomic E-state index is 0.275. The molecule has 0 aromatic heterocycles. The van der Waals surface area contributed by atoms with E-state index in [1.54, 1.807) is 0 Å². The number of benzene rings is 1. The minimum Gasteiger partial charge on any atom is -0.396 e. The highest BCUT2D eigenvalue weighted by Crippen LogP contribution is 2.00. The Balaban J connectivity index is 0.000000325. The molecule has 0 saturated heterocycles. The van der Waals surface area contributed by atoms with Gasteiger partial charge in [0.05, 0.1) is 0 Å². The summed E-state index contributed by atoms with van der Waals surface area (Å²) in [7, 11) is 0. The van der Waals surface area contributed by atoms with Gasteiger partial charge < -0.3 is 16.6 Å². The third kappa shape index (κ3) is 9.65. The summed E-state index contributed by atoms with van der Waals surface area (Å²) in [6.07, 6.45) is 3.98. The molecule has 0 aliphatic carbocycles. The normalized spacial score (nSPS) is 9.44. The Morgan fingerprint density at radius 2 is 1.50 bits per heavy atom. The van der Waals surface area contributed by atoms with E-state index in [9.17, 15) is 0 Å². The molecule has 0 spiro atoms. The molecule has 3 nitrogen and oxygen atoms in total. The van der Waals surface area contributed by atoms with Crippen molar-refractivity contribution in [2.45, 2.75) is 25.7 Å². The van der Waals surface area contributed by atoms with Crippen LogP contribution in [-0.4, -0.2) is 24.8 Å². The number of unbranched alkanes of at least 4 members (excludes halogenated alkanes) is 1. The first-order chi connectivity index (χ1) is 7.85. The molecule has 1 aromatic carbocycles. The average molecular weight is 224 g/mol. The largest absolute Gasteiger partial charge is 0.396 e. The Kier molecular flexibility index (Phi) is 11.5. The molecule has 5 N–H and O–H groups in total. The van der Waals surface area contributed by atoms with Crippen LogP contribution in [0.4, 0.5) is 0 Å². The van der Waals surface area contributed by atoms with Crippen LogP contribution in [-0.2, 0) is 6.42 Å². The van der Waals surface area contributed by atoms with Crippen molar-refractivity contribution in [3.63, 3.8) is 0 Å². The predicted molar refractivity (Wildman–Crippen MR) is 69.2 cm³/mol. The highest BCUT2D eigenvalue weighted by molar-refractivity contribution is 5.14. The zero-order valence-electron chi connectivity index (χ0n) is 9.94. The summed E-state index contributed by atoms with van der Waals surface area (Å²) in [5, 5.41) is 8.14. The van der Waals surface area contributed by atoms with Crippen molar-refractivity contribution >= 4 is 0 Å². The highest BCUT2D eigenvalue weighted by atomic mass is 16.2. The molecule has 0 unspecified atom stereocenters. The van der Waals surface area contributed by atoms with Crippen molar-refractivity contribution in [1.29, 1.82) is 0 Å². The molecular formula is C13H24N2O. The summed E-state index contributed by atoms with van der Waals surface area (Å²) < 4.78 is 0. The van der Waals surface area contributed by atoms with E-state index in [0.717, 1.165) is 32.2 Å². The maximum Gasteiger partial charge on any atom is 0.0431 e. The van der Waals surface area contributed by atoms with E-state index in [1.807, 2.05) is 6.07 Å². The van der Waals surface area contributed by atoms with Crippen molar-refractivity contribution in [3.8, 4) is 0 Å². The second-order valence-electron chi connectivity index (χ2n) is 3.60. The Labute approximate surface area is 98.5 Å². The van der Waals surface area contributed by atoms with Crippen LogP contribution < -0.4 is 11.5 Å². The highest BCUT2D eigenvalue weighted by Gasteiger charge is 1.87. The summed E-state index contributed by atoms with van der Waals surface area (Å²) in [5.41, 5.74) is 11.9. The van der Waals surface area contributed by atoms with Crippen molar-refractivity contribution in [3.05, 3.63) is 35.9 Å². The first kappa shape index (κ1) is 15.1. The first-order valence-electron chi connectivity index (χ1n) is 5.90. The number of nitrogens with two attached hydrogens (primary N) is 2. The Morgan fingerprint density at radius 3 is 1.94 bits per heavy atom. The molecule has 1 rings (SSSR count). The van der Waals surface area contributed by atoms with E-state index < -0.39 is 0 Å². The minimum atomic E-state index is 0.275. The lowest BCUT2D eigenvalue weighted by Crippen LogP contribution is -1.99. The van der Waals surface area contributed by atoms with E-state index in [2.05, 4.69) is 24.3 Å². The van der Waals surface area contributed by atoms with Crippen molar-refractivity contribution < 1.29 is 5.11 Å². The van der Waals surface area contributed by atoms with Crippen LogP contribution in [0.2, 0.25) is 0 Å². The predicted octanol–water partition coefficient (Wildman–Crippen LogP) is 1.30. The SMILES string of the molecule is NCCCCO.NCCCc1ccccc1. The molecule has 0 amide bonds. The molecule has 0 saturated carbocycles. The number of aryl methyl sites for hydroxylation is 1. The van der Waals surface area contributed by atoms with Gasteiger partial charge >= 0.3 is 0 Å². The molecule has 0 heterocycles. The van der Waals surface area contributed by atoms with E-state index in [0.29, 0.717) is 6.54 Å². The molecule has 0 atom stereocenters. The zero-order chi connectivity index (χ0) is 12.1. The molecule has 0 aliphatic rings. The Bertz CT molecular complexity index is 223. The number of rotatable bonds is 6. The van der Waals surface area contributed by atoms with Crippen molar-refractivity contribution in [1.82, 2.24) is 0 Å². The van der Waals surface area contributed by atoms with Crippen molar-refractivity contribution in [2.24, 2.45) is 11.5 Å². The summed E-state index contributed by atoms with van der Waals surface area (Å²) in [5.74, 6) is 0. The Morgan fingerprint density at radius 1 is 0.875 bits per heavy atom. The third-order valence-electron chi connectivity index (χ3n) is 2.12. The Hall–Kier alpha value is -0.900. The maximum absolute atomic E-state index is 8.14. The molecule has 0 radical (unpaired) electrons. The molecule has 3 heteroatoms. The van der Waals surface area contributed by atoms with Gasteiger partial charge in [-0.25, -0.2) is 0 Å². The van der Waals surface area contributed by atoms with Crippen LogP contribution in [0.15, 0.2) is 30.3 Å². The van der Waals surface area contributed by atoms with Gasteiger partial charge in [-0.3, -0.25) is 0 Å². The molecule has 92 valence electrons. The second kappa shape index (κ2) is 12.2. The summed E-state index contributed by atoms with van der Waals surface area (Å²) in [6, 6.07) is 10.4. The van der Waals surface area contributed by atoms with Gasteiger partial charge in [-0.15, -0.1) is 0 Å². The fourth-order valence-electron chi connectivity index (χ4n) is 1.21. The van der Waals surface area contributed by atoms with Gasteiger partial charge in [-0.05, 0) is 44.3 Å². The van der Waals surface area contributed by atoms with E-state index in [-0.39, 0.29) is 6.61 Å². The fourth-order valence-corrected chi connectivity index (χ4v) is 1.21. The van der Waals surface area contributed by atoms with E-state index >= 15 is 0 Å². The smallest absolute Gasteiger partial charge is 0.0431 e. The quantitative estimate of drug-likeness (QED) is 0.638. The summed E-state index contributed by atoms with van der Waals surface area (Å²) >= 11 is 0. The van der Waals surface area contributed by atoms with Gasteiger partial charge in [0.2, 0.25) is 0 Å². The average Bonchev–Trinajstić information content (AvgIpc) is 2.36. The lowest BCUT2D eigenvalue weighted by molar-refractivity contribution is 0.285. The van der Waals surface area contributed by atoms with Crippen LogP contribution in [0, 0.1) is 0 Å². The van der Waals surface area contributed by atoms with Gasteiger partial charge in [-0.1, -0.05) is 30.3 Å². The van der Waals surface area contributed by atoms with Crippen LogP contribution in [0.5, 0.6) is 0 Å². The molecule has 0 fully saturated rings. The topological polar surface area (TPSA) is 72.3 Å². The summed E-state index contributed by atoms with van der Waals surface area (Å²) in [6.45, 7) is 1.76. The molecule has 16 heavy (non-hydrogen) atoms. The first-order valence-corrected chi connectivity index (χ1v) is 5.90. The standard InChI is InChI=1S/C9H13N.C4H11NO/c10-8-4-7-9-5-2-1-3-6-9;5-3-1-2-4-6/h1-3,5-6H,4,7-8,10H2;6H,1-5H2.